The van der Waals surface area contributed by atoms with Crippen molar-refractivity contribution >= 4 is 0 Å². The molecular formula is C16H20O4. The van der Waals surface area contributed by atoms with Crippen molar-refractivity contribution in [2.24, 2.45) is 0 Å². The Morgan fingerprint density at radius 2 is 2.00 bits per heavy atom. The van der Waals surface area contributed by atoms with Crippen molar-refractivity contribution in [1.29, 1.82) is 0 Å². The Kier molecular flexibility index (Phi) is 5.21. The van der Waals surface area contributed by atoms with E-state index in [0.717, 1.165) is 11.5 Å². The molecule has 0 saturated carbocycles. The normalized spacial score (nSPS) is 12.3. The summed E-state index contributed by atoms with van der Waals surface area (Å²) in [7, 11) is 0. The van der Waals surface area contributed by atoms with Gasteiger partial charge in [0.2, 0.25) is 0 Å². The maximum absolute atomic E-state index is 9.78. The lowest BCUT2D eigenvalue weighted by molar-refractivity contribution is 0.000869. The first-order valence-corrected chi connectivity index (χ1v) is 6.63. The second kappa shape index (κ2) is 7.12. The SMILES string of the molecule is Cc1ccc(OCC(O)COCc2ccco2)cc1C. The second-order valence-electron chi connectivity index (χ2n) is 4.81. The van der Waals surface area contributed by atoms with Crippen LogP contribution in [0.15, 0.2) is 41.0 Å². The smallest absolute Gasteiger partial charge is 0.129 e. The fraction of sp³-hybridized carbons (Fsp3) is 0.375. The van der Waals surface area contributed by atoms with Crippen molar-refractivity contribution in [3.63, 3.8) is 0 Å². The van der Waals surface area contributed by atoms with Crippen LogP contribution in [0.2, 0.25) is 0 Å². The Hall–Kier alpha value is -1.78. The van der Waals surface area contributed by atoms with Crippen LogP contribution in [-0.4, -0.2) is 24.4 Å². The van der Waals surface area contributed by atoms with Gasteiger partial charge in [-0.3, -0.25) is 0 Å². The fourth-order valence-corrected chi connectivity index (χ4v) is 1.73. The van der Waals surface area contributed by atoms with Crippen molar-refractivity contribution in [1.82, 2.24) is 0 Å². The van der Waals surface area contributed by atoms with Gasteiger partial charge >= 0.3 is 0 Å². The molecular weight excluding hydrogens is 256 g/mol. The summed E-state index contributed by atoms with van der Waals surface area (Å²) in [5.41, 5.74) is 2.39. The third-order valence-corrected chi connectivity index (χ3v) is 3.06. The molecule has 0 bridgehead atoms. The maximum Gasteiger partial charge on any atom is 0.129 e. The van der Waals surface area contributed by atoms with E-state index in [1.165, 1.54) is 11.1 Å². The number of hydrogen-bond donors (Lipinski definition) is 1. The highest BCUT2D eigenvalue weighted by atomic mass is 16.5. The van der Waals surface area contributed by atoms with E-state index in [1.54, 1.807) is 12.3 Å². The van der Waals surface area contributed by atoms with Crippen LogP contribution >= 0.6 is 0 Å². The van der Waals surface area contributed by atoms with E-state index in [2.05, 4.69) is 6.92 Å². The van der Waals surface area contributed by atoms with Crippen LogP contribution in [0.3, 0.4) is 0 Å². The maximum atomic E-state index is 9.78. The molecule has 20 heavy (non-hydrogen) atoms. The lowest BCUT2D eigenvalue weighted by Gasteiger charge is -2.13. The summed E-state index contributed by atoms with van der Waals surface area (Å²) in [6.45, 7) is 4.86. The first-order valence-electron chi connectivity index (χ1n) is 6.63. The minimum atomic E-state index is -0.661. The van der Waals surface area contributed by atoms with Crippen molar-refractivity contribution in [3.8, 4) is 5.75 Å². The summed E-state index contributed by atoms with van der Waals surface area (Å²) < 4.78 is 16.0. The lowest BCUT2D eigenvalue weighted by Crippen LogP contribution is -2.23. The predicted molar refractivity (Wildman–Crippen MR) is 75.8 cm³/mol. The molecule has 0 spiro atoms. The number of furan rings is 1. The molecule has 4 heteroatoms. The fourth-order valence-electron chi connectivity index (χ4n) is 1.73. The second-order valence-corrected chi connectivity index (χ2v) is 4.81. The summed E-state index contributed by atoms with van der Waals surface area (Å²) >= 11 is 0. The number of rotatable bonds is 7. The Morgan fingerprint density at radius 3 is 2.70 bits per heavy atom. The zero-order valence-electron chi connectivity index (χ0n) is 11.8. The van der Waals surface area contributed by atoms with E-state index in [1.807, 2.05) is 31.2 Å². The lowest BCUT2D eigenvalue weighted by atomic mass is 10.1. The standard InChI is InChI=1S/C16H20O4/c1-12-5-6-15(8-13(12)2)20-10-14(17)9-18-11-16-4-3-7-19-16/h3-8,14,17H,9-11H2,1-2H3. The molecule has 0 aliphatic rings. The molecule has 0 fully saturated rings. The van der Waals surface area contributed by atoms with E-state index >= 15 is 0 Å². The van der Waals surface area contributed by atoms with Gasteiger partial charge in [-0.25, -0.2) is 0 Å². The van der Waals surface area contributed by atoms with Gasteiger partial charge in [0, 0.05) is 0 Å². The van der Waals surface area contributed by atoms with E-state index in [0.29, 0.717) is 6.61 Å². The molecule has 1 aromatic heterocycles. The van der Waals surface area contributed by atoms with Crippen LogP contribution in [0.4, 0.5) is 0 Å². The summed E-state index contributed by atoms with van der Waals surface area (Å²) in [4.78, 5) is 0. The van der Waals surface area contributed by atoms with Crippen molar-refractivity contribution in [3.05, 3.63) is 53.5 Å². The molecule has 1 aromatic carbocycles. The monoisotopic (exact) mass is 276 g/mol. The average Bonchev–Trinajstić information content (AvgIpc) is 2.93. The molecule has 4 nitrogen and oxygen atoms in total. The van der Waals surface area contributed by atoms with Crippen LogP contribution in [0.25, 0.3) is 0 Å². The van der Waals surface area contributed by atoms with Crippen molar-refractivity contribution in [2.75, 3.05) is 13.2 Å². The van der Waals surface area contributed by atoms with E-state index < -0.39 is 6.10 Å². The Morgan fingerprint density at radius 1 is 1.15 bits per heavy atom. The van der Waals surface area contributed by atoms with Gasteiger partial charge in [-0.05, 0) is 49.2 Å². The van der Waals surface area contributed by atoms with Gasteiger partial charge in [-0.15, -0.1) is 0 Å². The van der Waals surface area contributed by atoms with Gasteiger partial charge in [0.05, 0.1) is 12.9 Å². The number of aliphatic hydroxyl groups excluding tert-OH is 1. The Labute approximate surface area is 118 Å². The topological polar surface area (TPSA) is 51.8 Å². The summed E-state index contributed by atoms with van der Waals surface area (Å²) in [5.74, 6) is 1.51. The molecule has 1 atom stereocenters. The molecule has 0 amide bonds. The number of ether oxygens (including phenoxy) is 2. The van der Waals surface area contributed by atoms with Gasteiger partial charge in [0.25, 0.3) is 0 Å². The number of hydrogen-bond acceptors (Lipinski definition) is 4. The largest absolute Gasteiger partial charge is 0.491 e. The zero-order chi connectivity index (χ0) is 14.4. The van der Waals surface area contributed by atoms with Crippen LogP contribution in [0.5, 0.6) is 5.75 Å². The highest BCUT2D eigenvalue weighted by molar-refractivity contribution is 5.33. The molecule has 2 rings (SSSR count). The molecule has 1 unspecified atom stereocenters. The van der Waals surface area contributed by atoms with Crippen LogP contribution in [0.1, 0.15) is 16.9 Å². The van der Waals surface area contributed by atoms with E-state index in [9.17, 15) is 5.11 Å². The van der Waals surface area contributed by atoms with E-state index in [4.69, 9.17) is 13.9 Å². The molecule has 108 valence electrons. The number of benzene rings is 1. The highest BCUT2D eigenvalue weighted by Crippen LogP contribution is 2.16. The summed E-state index contributed by atoms with van der Waals surface area (Å²) in [6, 6.07) is 9.50. The average molecular weight is 276 g/mol. The van der Waals surface area contributed by atoms with Gasteiger partial charge in [0.15, 0.2) is 0 Å². The Balaban J connectivity index is 1.69. The van der Waals surface area contributed by atoms with Gasteiger partial charge in [-0.2, -0.15) is 0 Å². The molecule has 1 heterocycles. The molecule has 2 aromatic rings. The third kappa shape index (κ3) is 4.40. The van der Waals surface area contributed by atoms with Crippen molar-refractivity contribution in [2.45, 2.75) is 26.6 Å². The quantitative estimate of drug-likeness (QED) is 0.845. The molecule has 1 N–H and O–H groups in total. The van der Waals surface area contributed by atoms with E-state index in [-0.39, 0.29) is 13.2 Å². The summed E-state index contributed by atoms with van der Waals surface area (Å²) in [6.07, 6.45) is 0.935. The minimum Gasteiger partial charge on any atom is -0.491 e. The third-order valence-electron chi connectivity index (χ3n) is 3.06. The molecule has 0 aliphatic heterocycles. The molecule has 0 saturated heterocycles. The van der Waals surface area contributed by atoms with Crippen LogP contribution < -0.4 is 4.74 Å². The summed E-state index contributed by atoms with van der Waals surface area (Å²) in [5, 5.41) is 9.78. The van der Waals surface area contributed by atoms with Gasteiger partial charge < -0.3 is 19.0 Å². The van der Waals surface area contributed by atoms with Crippen LogP contribution in [-0.2, 0) is 11.3 Å². The first-order chi connectivity index (χ1) is 9.65. The van der Waals surface area contributed by atoms with Crippen molar-refractivity contribution < 1.29 is 19.0 Å². The zero-order valence-corrected chi connectivity index (χ0v) is 11.8. The number of aryl methyl sites for hydroxylation is 2. The number of aliphatic hydroxyl groups is 1. The molecule has 0 radical (unpaired) electrons. The molecule has 0 aliphatic carbocycles. The van der Waals surface area contributed by atoms with Crippen LogP contribution in [0, 0.1) is 13.8 Å². The predicted octanol–water partition coefficient (Wildman–Crippen LogP) is 2.85. The van der Waals surface area contributed by atoms with Gasteiger partial charge in [0.1, 0.15) is 30.8 Å². The highest BCUT2D eigenvalue weighted by Gasteiger charge is 2.07. The first kappa shape index (κ1) is 14.6. The van der Waals surface area contributed by atoms with Gasteiger partial charge in [-0.1, -0.05) is 6.07 Å². The Bertz CT molecular complexity index is 519. The minimum absolute atomic E-state index is 0.209.